The van der Waals surface area contributed by atoms with Gasteiger partial charge in [-0.25, -0.2) is 4.39 Å². The lowest BCUT2D eigenvalue weighted by atomic mass is 9.96. The number of aromatic amines is 1. The van der Waals surface area contributed by atoms with E-state index in [0.29, 0.717) is 11.6 Å². The number of rotatable bonds is 5. The van der Waals surface area contributed by atoms with Crippen molar-refractivity contribution in [2.45, 2.75) is 19.4 Å². The molecule has 1 saturated heterocycles. The van der Waals surface area contributed by atoms with Crippen LogP contribution in [0.5, 0.6) is 0 Å². The average Bonchev–Trinajstić information content (AvgIpc) is 3.15. The maximum atomic E-state index is 13.0. The predicted molar refractivity (Wildman–Crippen MR) is 110 cm³/mol. The molecule has 4 rings (SSSR count). The van der Waals surface area contributed by atoms with Gasteiger partial charge in [-0.3, -0.25) is 9.69 Å². The van der Waals surface area contributed by atoms with Gasteiger partial charge in [0.1, 0.15) is 11.5 Å². The number of halogens is 1. The van der Waals surface area contributed by atoms with Gasteiger partial charge in [0.15, 0.2) is 0 Å². The van der Waals surface area contributed by atoms with Crippen LogP contribution in [0.15, 0.2) is 54.6 Å². The summed E-state index contributed by atoms with van der Waals surface area (Å²) < 4.78 is 13.0. The smallest absolute Gasteiger partial charge is 0.270 e. The van der Waals surface area contributed by atoms with Crippen molar-refractivity contribution >= 4 is 16.8 Å². The zero-order valence-corrected chi connectivity index (χ0v) is 16.2. The fraction of sp³-hybridized carbons (Fsp3) is 0.348. The Morgan fingerprint density at radius 3 is 2.57 bits per heavy atom. The minimum absolute atomic E-state index is 0.0462. The maximum Gasteiger partial charge on any atom is 0.270 e. The summed E-state index contributed by atoms with van der Waals surface area (Å²) in [5.74, 6) is 0.373. The van der Waals surface area contributed by atoms with E-state index in [4.69, 9.17) is 0 Å². The van der Waals surface area contributed by atoms with Crippen LogP contribution in [0.2, 0.25) is 0 Å². The first kappa shape index (κ1) is 18.7. The average molecular weight is 379 g/mol. The standard InChI is InChI=1S/C23H26FN3O/c1-26(23(28)22-14-19-4-2-3-5-21(19)25-22)15-18-10-12-27(13-11-18)16-17-6-8-20(24)9-7-17/h2-9,14,18,25H,10-13,15-16H2,1H3. The van der Waals surface area contributed by atoms with Gasteiger partial charge in [-0.1, -0.05) is 30.3 Å². The molecule has 28 heavy (non-hydrogen) atoms. The highest BCUT2D eigenvalue weighted by Gasteiger charge is 2.23. The molecular formula is C23H26FN3O. The zero-order valence-electron chi connectivity index (χ0n) is 16.2. The molecule has 3 aromatic rings. The molecule has 0 bridgehead atoms. The van der Waals surface area contributed by atoms with Crippen molar-refractivity contribution in [1.29, 1.82) is 0 Å². The molecular weight excluding hydrogens is 353 g/mol. The molecule has 4 nitrogen and oxygen atoms in total. The van der Waals surface area contributed by atoms with Crippen molar-refractivity contribution in [3.63, 3.8) is 0 Å². The van der Waals surface area contributed by atoms with Gasteiger partial charge < -0.3 is 9.88 Å². The molecule has 1 fully saturated rings. The summed E-state index contributed by atoms with van der Waals surface area (Å²) in [7, 11) is 1.89. The first-order chi connectivity index (χ1) is 13.6. The molecule has 2 aromatic carbocycles. The van der Waals surface area contributed by atoms with Crippen molar-refractivity contribution in [2.75, 3.05) is 26.7 Å². The molecule has 0 atom stereocenters. The second-order valence-electron chi connectivity index (χ2n) is 7.80. The number of hydrogen-bond acceptors (Lipinski definition) is 2. The Bertz CT molecular complexity index is 909. The van der Waals surface area contributed by atoms with E-state index < -0.39 is 0 Å². The molecule has 0 spiro atoms. The van der Waals surface area contributed by atoms with Gasteiger partial charge in [0.25, 0.3) is 5.91 Å². The Labute approximate surface area is 165 Å². The number of carbonyl (C=O) groups excluding carboxylic acids is 1. The molecule has 146 valence electrons. The van der Waals surface area contributed by atoms with E-state index in [1.165, 1.54) is 12.1 Å². The van der Waals surface area contributed by atoms with Crippen molar-refractivity contribution in [2.24, 2.45) is 5.92 Å². The third-order valence-electron chi connectivity index (χ3n) is 5.67. The van der Waals surface area contributed by atoms with Gasteiger partial charge in [0, 0.05) is 31.0 Å². The third kappa shape index (κ3) is 4.25. The Balaban J connectivity index is 1.29. The van der Waals surface area contributed by atoms with E-state index in [9.17, 15) is 9.18 Å². The molecule has 0 aliphatic carbocycles. The summed E-state index contributed by atoms with van der Waals surface area (Å²) in [4.78, 5) is 20.2. The SMILES string of the molecule is CN(CC1CCN(Cc2ccc(F)cc2)CC1)C(=O)c1cc2ccccc2[nH]1. The van der Waals surface area contributed by atoms with Gasteiger partial charge in [0.2, 0.25) is 0 Å². The van der Waals surface area contributed by atoms with Gasteiger partial charge in [-0.15, -0.1) is 0 Å². The zero-order chi connectivity index (χ0) is 19.5. The van der Waals surface area contributed by atoms with E-state index in [2.05, 4.69) is 9.88 Å². The van der Waals surface area contributed by atoms with Gasteiger partial charge in [-0.2, -0.15) is 0 Å². The highest BCUT2D eigenvalue weighted by molar-refractivity contribution is 5.97. The summed E-state index contributed by atoms with van der Waals surface area (Å²) in [6.07, 6.45) is 2.15. The first-order valence-corrected chi connectivity index (χ1v) is 9.88. The quantitative estimate of drug-likeness (QED) is 0.718. The van der Waals surface area contributed by atoms with E-state index in [1.807, 2.05) is 54.4 Å². The normalized spacial score (nSPS) is 15.8. The number of carbonyl (C=O) groups is 1. The topological polar surface area (TPSA) is 39.3 Å². The van der Waals surface area contributed by atoms with E-state index >= 15 is 0 Å². The van der Waals surface area contributed by atoms with Crippen LogP contribution >= 0.6 is 0 Å². The van der Waals surface area contributed by atoms with Crippen LogP contribution in [0, 0.1) is 11.7 Å². The molecule has 0 saturated carbocycles. The van der Waals surface area contributed by atoms with Crippen LogP contribution in [-0.2, 0) is 6.54 Å². The number of nitrogens with zero attached hydrogens (tertiary/aromatic N) is 2. The molecule has 1 aliphatic rings. The first-order valence-electron chi connectivity index (χ1n) is 9.88. The summed E-state index contributed by atoms with van der Waals surface area (Å²) in [5, 5.41) is 1.06. The van der Waals surface area contributed by atoms with Crippen molar-refractivity contribution in [3.8, 4) is 0 Å². The molecule has 1 N–H and O–H groups in total. The fourth-order valence-electron chi connectivity index (χ4n) is 4.04. The Kier molecular flexibility index (Phi) is 5.44. The van der Waals surface area contributed by atoms with Crippen LogP contribution in [-0.4, -0.2) is 47.4 Å². The highest BCUT2D eigenvalue weighted by atomic mass is 19.1. The number of aromatic nitrogens is 1. The van der Waals surface area contributed by atoms with Crippen molar-refractivity contribution in [3.05, 3.63) is 71.7 Å². The lowest BCUT2D eigenvalue weighted by Gasteiger charge is -2.33. The van der Waals surface area contributed by atoms with Crippen LogP contribution in [0.4, 0.5) is 4.39 Å². The number of piperidine rings is 1. The van der Waals surface area contributed by atoms with E-state index in [0.717, 1.165) is 55.5 Å². The Morgan fingerprint density at radius 1 is 1.14 bits per heavy atom. The van der Waals surface area contributed by atoms with Crippen LogP contribution < -0.4 is 0 Å². The number of likely N-dealkylation sites (tertiary alicyclic amines) is 1. The molecule has 1 aromatic heterocycles. The minimum atomic E-state index is -0.190. The summed E-state index contributed by atoms with van der Waals surface area (Å²) in [5.41, 5.74) is 2.79. The Morgan fingerprint density at radius 2 is 1.86 bits per heavy atom. The lowest BCUT2D eigenvalue weighted by Crippen LogP contribution is -2.39. The largest absolute Gasteiger partial charge is 0.351 e. The number of nitrogens with one attached hydrogen (secondary N) is 1. The highest BCUT2D eigenvalue weighted by Crippen LogP contribution is 2.21. The van der Waals surface area contributed by atoms with Crippen LogP contribution in [0.25, 0.3) is 10.9 Å². The predicted octanol–water partition coefficient (Wildman–Crippen LogP) is 4.29. The lowest BCUT2D eigenvalue weighted by molar-refractivity contribution is 0.0733. The van der Waals surface area contributed by atoms with Crippen LogP contribution in [0.1, 0.15) is 28.9 Å². The van der Waals surface area contributed by atoms with Crippen LogP contribution in [0.3, 0.4) is 0 Å². The van der Waals surface area contributed by atoms with Gasteiger partial charge in [0.05, 0.1) is 0 Å². The van der Waals surface area contributed by atoms with E-state index in [1.54, 1.807) is 0 Å². The molecule has 5 heteroatoms. The summed E-state index contributed by atoms with van der Waals surface area (Å²) >= 11 is 0. The fourth-order valence-corrected chi connectivity index (χ4v) is 4.04. The molecule has 1 aliphatic heterocycles. The number of amides is 1. The summed E-state index contributed by atoms with van der Waals surface area (Å²) in [6.45, 7) is 3.66. The molecule has 0 radical (unpaired) electrons. The monoisotopic (exact) mass is 379 g/mol. The summed E-state index contributed by atoms with van der Waals surface area (Å²) in [6, 6.07) is 16.6. The maximum absolute atomic E-state index is 13.0. The molecule has 0 unspecified atom stereocenters. The molecule has 1 amide bonds. The number of benzene rings is 2. The number of hydrogen-bond donors (Lipinski definition) is 1. The Hall–Kier alpha value is -2.66. The third-order valence-corrected chi connectivity index (χ3v) is 5.67. The number of para-hydroxylation sites is 1. The van der Waals surface area contributed by atoms with E-state index in [-0.39, 0.29) is 11.7 Å². The van der Waals surface area contributed by atoms with Gasteiger partial charge >= 0.3 is 0 Å². The van der Waals surface area contributed by atoms with Gasteiger partial charge in [-0.05, 0) is 61.7 Å². The number of fused-ring (bicyclic) bond motifs is 1. The second kappa shape index (κ2) is 8.15. The van der Waals surface area contributed by atoms with Crippen molar-refractivity contribution in [1.82, 2.24) is 14.8 Å². The minimum Gasteiger partial charge on any atom is -0.351 e. The van der Waals surface area contributed by atoms with Crippen molar-refractivity contribution < 1.29 is 9.18 Å². The number of H-pyrrole nitrogens is 1. The second-order valence-corrected chi connectivity index (χ2v) is 7.80. The molecule has 2 heterocycles.